The molecule has 1 saturated heterocycles. The fourth-order valence-electron chi connectivity index (χ4n) is 4.31. The van der Waals surface area contributed by atoms with E-state index in [2.05, 4.69) is 9.62 Å². The Balaban J connectivity index is 1.30. The highest BCUT2D eigenvalue weighted by atomic mass is 32.2. The molecule has 1 saturated carbocycles. The van der Waals surface area contributed by atoms with Crippen molar-refractivity contribution < 1.29 is 27.1 Å². The lowest BCUT2D eigenvalue weighted by Crippen LogP contribution is -2.35. The number of hydrogen-bond donors (Lipinski definition) is 1. The molecule has 2 aromatic rings. The van der Waals surface area contributed by atoms with Crippen LogP contribution in [-0.2, 0) is 12.7 Å². The summed E-state index contributed by atoms with van der Waals surface area (Å²) in [5, 5.41) is 0. The average Bonchev–Trinajstić information content (AvgIpc) is 3.64. The van der Waals surface area contributed by atoms with Crippen LogP contribution >= 0.6 is 11.9 Å². The van der Waals surface area contributed by atoms with Gasteiger partial charge in [0.15, 0.2) is 0 Å². The van der Waals surface area contributed by atoms with Crippen LogP contribution in [0.2, 0.25) is 0 Å². The van der Waals surface area contributed by atoms with Crippen LogP contribution < -0.4 is 9.46 Å². The number of likely N-dealkylation sites (tertiary alicyclic amines) is 1. The third kappa shape index (κ3) is 6.24. The van der Waals surface area contributed by atoms with Gasteiger partial charge in [-0.25, -0.2) is 4.39 Å². The molecule has 2 aliphatic rings. The van der Waals surface area contributed by atoms with Gasteiger partial charge in [0.2, 0.25) is 0 Å². The van der Waals surface area contributed by atoms with Gasteiger partial charge in [-0.1, -0.05) is 24.1 Å². The number of ether oxygens (including phenoxy) is 1. The number of benzene rings is 2. The van der Waals surface area contributed by atoms with Crippen molar-refractivity contribution >= 4 is 17.9 Å². The summed E-state index contributed by atoms with van der Waals surface area (Å²) in [6.07, 6.45) is 1.21. The molecule has 1 aliphatic carbocycles. The van der Waals surface area contributed by atoms with Crippen LogP contribution in [-0.4, -0.2) is 36.8 Å². The molecule has 0 bridgehead atoms. The molecule has 0 radical (unpaired) electrons. The molecular formula is C25H28F4N2O2S. The summed E-state index contributed by atoms with van der Waals surface area (Å²) in [6, 6.07) is 8.29. The number of carbonyl (C=O) groups is 1. The van der Waals surface area contributed by atoms with Gasteiger partial charge >= 0.3 is 6.18 Å². The van der Waals surface area contributed by atoms with Crippen LogP contribution in [0.4, 0.5) is 17.6 Å². The maximum Gasteiger partial charge on any atom is 0.416 e. The first-order chi connectivity index (χ1) is 16.2. The number of alkyl halides is 3. The van der Waals surface area contributed by atoms with Crippen molar-refractivity contribution in [1.29, 1.82) is 0 Å². The summed E-state index contributed by atoms with van der Waals surface area (Å²) in [6.45, 7) is 2.74. The summed E-state index contributed by atoms with van der Waals surface area (Å²) < 4.78 is 61.4. The zero-order valence-electron chi connectivity index (χ0n) is 19.0. The number of piperidine rings is 1. The Morgan fingerprint density at radius 1 is 1.12 bits per heavy atom. The highest BCUT2D eigenvalue weighted by molar-refractivity contribution is 7.97. The fraction of sp³-hybridized carbons (Fsp3) is 0.480. The van der Waals surface area contributed by atoms with Crippen molar-refractivity contribution in [3.63, 3.8) is 0 Å². The van der Waals surface area contributed by atoms with Crippen LogP contribution in [0.1, 0.15) is 58.6 Å². The van der Waals surface area contributed by atoms with Gasteiger partial charge in [-0.3, -0.25) is 14.4 Å². The minimum atomic E-state index is -4.32. The third-order valence-electron chi connectivity index (χ3n) is 6.43. The number of nitrogens with one attached hydrogen (secondary N) is 1. The largest absolute Gasteiger partial charge is 0.493 e. The summed E-state index contributed by atoms with van der Waals surface area (Å²) in [5.41, 5.74) is 1.16. The van der Waals surface area contributed by atoms with Gasteiger partial charge < -0.3 is 4.74 Å². The van der Waals surface area contributed by atoms with Crippen LogP contribution in [0, 0.1) is 11.7 Å². The first kappa shape index (κ1) is 24.9. The Labute approximate surface area is 201 Å². The monoisotopic (exact) mass is 496 g/mol. The van der Waals surface area contributed by atoms with Crippen LogP contribution in [0.3, 0.4) is 0 Å². The van der Waals surface area contributed by atoms with E-state index in [4.69, 9.17) is 4.74 Å². The predicted octanol–water partition coefficient (Wildman–Crippen LogP) is 6.02. The van der Waals surface area contributed by atoms with Crippen molar-refractivity contribution in [2.45, 2.75) is 44.3 Å². The van der Waals surface area contributed by atoms with E-state index >= 15 is 0 Å². The zero-order valence-corrected chi connectivity index (χ0v) is 19.8. The quantitative estimate of drug-likeness (QED) is 0.358. The van der Waals surface area contributed by atoms with E-state index in [9.17, 15) is 22.4 Å². The number of amides is 1. The van der Waals surface area contributed by atoms with Crippen molar-refractivity contribution in [1.82, 2.24) is 9.62 Å². The van der Waals surface area contributed by atoms with Gasteiger partial charge in [0.1, 0.15) is 11.6 Å². The van der Waals surface area contributed by atoms with Gasteiger partial charge in [-0.05, 0) is 79.9 Å². The molecule has 4 rings (SSSR count). The van der Waals surface area contributed by atoms with Crippen molar-refractivity contribution in [2.24, 2.45) is 5.92 Å². The molecule has 1 aliphatic heterocycles. The Morgan fingerprint density at radius 3 is 2.38 bits per heavy atom. The molecule has 0 aromatic heterocycles. The minimum Gasteiger partial charge on any atom is -0.493 e. The lowest BCUT2D eigenvalue weighted by Gasteiger charge is -2.32. The highest BCUT2D eigenvalue weighted by Crippen LogP contribution is 2.45. The van der Waals surface area contributed by atoms with Crippen LogP contribution in [0.25, 0.3) is 0 Å². The number of carbonyl (C=O) groups excluding carboxylic acids is 1. The molecule has 4 nitrogen and oxygen atoms in total. The third-order valence-corrected chi connectivity index (χ3v) is 6.81. The molecule has 2 aromatic carbocycles. The molecule has 1 heterocycles. The molecule has 0 spiro atoms. The lowest BCUT2D eigenvalue weighted by molar-refractivity contribution is -0.137. The molecule has 2 fully saturated rings. The van der Waals surface area contributed by atoms with Gasteiger partial charge in [0, 0.05) is 18.9 Å². The maximum atomic E-state index is 14.6. The van der Waals surface area contributed by atoms with E-state index < -0.39 is 23.5 Å². The molecule has 1 amide bonds. The van der Waals surface area contributed by atoms with Gasteiger partial charge in [-0.15, -0.1) is 0 Å². The molecule has 34 heavy (non-hydrogen) atoms. The summed E-state index contributed by atoms with van der Waals surface area (Å²) >= 11 is 1.13. The van der Waals surface area contributed by atoms with E-state index in [1.54, 1.807) is 12.3 Å². The fourth-order valence-corrected chi connectivity index (χ4v) is 4.60. The molecule has 9 heteroatoms. The van der Waals surface area contributed by atoms with Gasteiger partial charge in [0.05, 0.1) is 17.7 Å². The van der Waals surface area contributed by atoms with Crippen molar-refractivity contribution in [2.75, 3.05) is 26.0 Å². The predicted molar refractivity (Wildman–Crippen MR) is 124 cm³/mol. The van der Waals surface area contributed by atoms with Gasteiger partial charge in [-0.2, -0.15) is 13.2 Å². The maximum absolute atomic E-state index is 14.6. The number of hydrogen-bond acceptors (Lipinski definition) is 4. The van der Waals surface area contributed by atoms with E-state index in [0.717, 1.165) is 74.0 Å². The number of halogens is 4. The van der Waals surface area contributed by atoms with E-state index in [-0.39, 0.29) is 5.56 Å². The standard InChI is InChI=1S/C25H28F4N2O2S/c1-34-30-24(32)21-12-20(18-4-5-18)23(13-22(21)26)33-15-17-8-10-31(11-9-17)14-16-2-6-19(7-3-16)25(27,28)29/h2-3,6-7,12-13,17-18H,4-5,8-11,14-15H2,1H3,(H,30,32). The smallest absolute Gasteiger partial charge is 0.416 e. The number of rotatable bonds is 8. The Hall–Kier alpha value is -2.26. The first-order valence-electron chi connectivity index (χ1n) is 11.4. The van der Waals surface area contributed by atoms with Crippen molar-refractivity contribution in [3.8, 4) is 5.75 Å². The summed E-state index contributed by atoms with van der Waals surface area (Å²) in [7, 11) is 0. The second-order valence-corrected chi connectivity index (χ2v) is 9.62. The topological polar surface area (TPSA) is 41.6 Å². The lowest BCUT2D eigenvalue weighted by atomic mass is 9.97. The summed E-state index contributed by atoms with van der Waals surface area (Å²) in [4.78, 5) is 14.4. The van der Waals surface area contributed by atoms with Crippen LogP contribution in [0.5, 0.6) is 5.75 Å². The Bertz CT molecular complexity index is 1000. The molecule has 184 valence electrons. The second kappa shape index (κ2) is 10.6. The highest BCUT2D eigenvalue weighted by Gasteiger charge is 2.31. The minimum absolute atomic E-state index is 0.0418. The molecular weight excluding hydrogens is 468 g/mol. The summed E-state index contributed by atoms with van der Waals surface area (Å²) in [5.74, 6) is 0.115. The van der Waals surface area contributed by atoms with E-state index in [0.29, 0.717) is 30.7 Å². The van der Waals surface area contributed by atoms with E-state index in [1.807, 2.05) is 0 Å². The molecule has 0 unspecified atom stereocenters. The van der Waals surface area contributed by atoms with Gasteiger partial charge in [0.25, 0.3) is 5.91 Å². The average molecular weight is 497 g/mol. The number of nitrogens with zero attached hydrogens (tertiary/aromatic N) is 1. The SMILES string of the molecule is CSNC(=O)c1cc(C2CC2)c(OCC2CCN(Cc3ccc(C(F)(F)F)cc3)CC2)cc1F. The molecule has 0 atom stereocenters. The Morgan fingerprint density at radius 2 is 1.79 bits per heavy atom. The normalized spacial score (nSPS) is 17.6. The zero-order chi connectivity index (χ0) is 24.3. The van der Waals surface area contributed by atoms with E-state index in [1.165, 1.54) is 18.2 Å². The molecule has 1 N–H and O–H groups in total. The second-order valence-electron chi connectivity index (χ2n) is 9.00. The first-order valence-corrected chi connectivity index (χ1v) is 12.6. The van der Waals surface area contributed by atoms with Crippen LogP contribution in [0.15, 0.2) is 36.4 Å². The Kier molecular flexibility index (Phi) is 7.72. The van der Waals surface area contributed by atoms with Crippen molar-refractivity contribution in [3.05, 3.63) is 64.5 Å².